The van der Waals surface area contributed by atoms with Crippen LogP contribution in [0.15, 0.2) is 65.6 Å². The van der Waals surface area contributed by atoms with E-state index in [9.17, 15) is 9.90 Å². The summed E-state index contributed by atoms with van der Waals surface area (Å²) in [6.07, 6.45) is 5.70. The summed E-state index contributed by atoms with van der Waals surface area (Å²) in [5.74, 6) is -0.188. The smallest absolute Gasteiger partial charge is 0.335 e. The molecule has 0 aliphatic heterocycles. The number of carboxylic acids is 1. The first-order chi connectivity index (χ1) is 16.3. The summed E-state index contributed by atoms with van der Waals surface area (Å²) in [5.41, 5.74) is 8.25. The summed E-state index contributed by atoms with van der Waals surface area (Å²) < 4.78 is 7.55. The Labute approximate surface area is 196 Å². The molecule has 7 nitrogen and oxygen atoms in total. The maximum Gasteiger partial charge on any atom is 0.335 e. The highest BCUT2D eigenvalue weighted by molar-refractivity contribution is 5.96. The zero-order chi connectivity index (χ0) is 24.0. The van der Waals surface area contributed by atoms with Gasteiger partial charge in [0.1, 0.15) is 5.76 Å². The predicted octanol–water partition coefficient (Wildman–Crippen LogP) is 5.99. The number of aromatic carboxylic acids is 1. The highest BCUT2D eigenvalue weighted by Crippen LogP contribution is 2.36. The van der Waals surface area contributed by atoms with Crippen molar-refractivity contribution in [1.82, 2.24) is 19.7 Å². The SMILES string of the molecule is Cc1cc(-c2cn([C@@H](C)c3ccccn3)c3cc(-c4c(C)noc4C)cnc23)ccc1C(=O)O. The number of nitrogens with zero attached hydrogens (tertiary/aromatic N) is 4. The van der Waals surface area contributed by atoms with Crippen molar-refractivity contribution >= 4 is 17.0 Å². The van der Waals surface area contributed by atoms with Crippen molar-refractivity contribution < 1.29 is 14.4 Å². The standard InChI is InChI=1S/C27H24N4O3/c1-15-11-19(8-9-21(15)27(32)33)22-14-31(17(3)23-7-5-6-10-28-23)24-12-20(13-29-26(22)24)25-16(2)30-34-18(25)4/h5-14,17H,1-4H3,(H,32,33)/t17-/m0/s1. The molecule has 170 valence electrons. The van der Waals surface area contributed by atoms with Gasteiger partial charge in [0.15, 0.2) is 0 Å². The summed E-state index contributed by atoms with van der Waals surface area (Å²) in [6.45, 7) is 7.73. The Morgan fingerprint density at radius 3 is 2.53 bits per heavy atom. The summed E-state index contributed by atoms with van der Waals surface area (Å²) in [4.78, 5) is 20.9. The van der Waals surface area contributed by atoms with Gasteiger partial charge in [-0.15, -0.1) is 0 Å². The van der Waals surface area contributed by atoms with E-state index in [0.29, 0.717) is 11.1 Å². The Kier molecular flexibility index (Phi) is 5.24. The fourth-order valence-electron chi connectivity index (χ4n) is 4.53. The van der Waals surface area contributed by atoms with E-state index in [0.717, 1.165) is 50.4 Å². The number of carbonyl (C=O) groups is 1. The van der Waals surface area contributed by atoms with E-state index in [1.165, 1.54) is 0 Å². The van der Waals surface area contributed by atoms with Crippen LogP contribution >= 0.6 is 0 Å². The van der Waals surface area contributed by atoms with Crippen LogP contribution in [0.5, 0.6) is 0 Å². The molecular weight excluding hydrogens is 428 g/mol. The van der Waals surface area contributed by atoms with Crippen molar-refractivity contribution in [2.24, 2.45) is 0 Å². The number of aromatic nitrogens is 4. The van der Waals surface area contributed by atoms with E-state index in [1.807, 2.05) is 57.3 Å². The number of hydrogen-bond acceptors (Lipinski definition) is 5. The van der Waals surface area contributed by atoms with Gasteiger partial charge < -0.3 is 14.2 Å². The van der Waals surface area contributed by atoms with Crippen molar-refractivity contribution in [2.45, 2.75) is 33.7 Å². The van der Waals surface area contributed by atoms with Crippen molar-refractivity contribution in [3.8, 4) is 22.3 Å². The van der Waals surface area contributed by atoms with Gasteiger partial charge in [0, 0.05) is 35.3 Å². The van der Waals surface area contributed by atoms with Crippen LogP contribution in [-0.2, 0) is 0 Å². The Bertz CT molecular complexity index is 1510. The van der Waals surface area contributed by atoms with Gasteiger partial charge in [0.2, 0.25) is 0 Å². The fraction of sp³-hybridized carbons (Fsp3) is 0.185. The molecule has 0 unspecified atom stereocenters. The quantitative estimate of drug-likeness (QED) is 0.352. The predicted molar refractivity (Wildman–Crippen MR) is 130 cm³/mol. The minimum atomic E-state index is -0.933. The molecule has 0 amide bonds. The molecule has 5 aromatic rings. The van der Waals surface area contributed by atoms with E-state index >= 15 is 0 Å². The molecule has 0 radical (unpaired) electrons. The van der Waals surface area contributed by atoms with Gasteiger partial charge >= 0.3 is 5.97 Å². The molecular formula is C27H24N4O3. The van der Waals surface area contributed by atoms with Crippen molar-refractivity contribution in [3.05, 3.63) is 89.3 Å². The lowest BCUT2D eigenvalue weighted by molar-refractivity contribution is 0.0696. The average molecular weight is 453 g/mol. The second-order valence-electron chi connectivity index (χ2n) is 8.51. The Morgan fingerprint density at radius 1 is 1.06 bits per heavy atom. The zero-order valence-corrected chi connectivity index (χ0v) is 19.4. The van der Waals surface area contributed by atoms with E-state index < -0.39 is 5.97 Å². The first kappa shape index (κ1) is 21.6. The lowest BCUT2D eigenvalue weighted by Gasteiger charge is -2.15. The third-order valence-electron chi connectivity index (χ3n) is 6.29. The molecule has 34 heavy (non-hydrogen) atoms. The molecule has 7 heteroatoms. The molecule has 0 saturated heterocycles. The number of hydrogen-bond donors (Lipinski definition) is 1. The maximum absolute atomic E-state index is 11.5. The Hall–Kier alpha value is -4.26. The maximum atomic E-state index is 11.5. The van der Waals surface area contributed by atoms with Crippen molar-refractivity contribution in [2.75, 3.05) is 0 Å². The molecule has 0 aliphatic rings. The summed E-state index contributed by atoms with van der Waals surface area (Å²) in [5, 5.41) is 13.5. The largest absolute Gasteiger partial charge is 0.478 e. The lowest BCUT2D eigenvalue weighted by Crippen LogP contribution is -2.07. The molecule has 0 aliphatic carbocycles. The minimum Gasteiger partial charge on any atom is -0.478 e. The highest BCUT2D eigenvalue weighted by atomic mass is 16.5. The number of rotatable bonds is 5. The van der Waals surface area contributed by atoms with Crippen LogP contribution in [0.25, 0.3) is 33.3 Å². The lowest BCUT2D eigenvalue weighted by atomic mass is 10.0. The topological polar surface area (TPSA) is 94.0 Å². The fourth-order valence-corrected chi connectivity index (χ4v) is 4.53. The van der Waals surface area contributed by atoms with Gasteiger partial charge in [-0.25, -0.2) is 4.79 Å². The molecule has 0 fully saturated rings. The first-order valence-corrected chi connectivity index (χ1v) is 11.0. The Morgan fingerprint density at radius 2 is 1.88 bits per heavy atom. The molecule has 1 atom stereocenters. The third kappa shape index (κ3) is 3.55. The van der Waals surface area contributed by atoms with Crippen molar-refractivity contribution in [1.29, 1.82) is 0 Å². The van der Waals surface area contributed by atoms with Gasteiger partial charge in [0.05, 0.1) is 34.0 Å². The number of carboxylic acid groups (broad SMARTS) is 1. The van der Waals surface area contributed by atoms with Gasteiger partial charge in [-0.1, -0.05) is 23.4 Å². The van der Waals surface area contributed by atoms with Crippen LogP contribution in [0, 0.1) is 20.8 Å². The normalized spacial score (nSPS) is 12.2. The minimum absolute atomic E-state index is 0.0430. The van der Waals surface area contributed by atoms with Crippen molar-refractivity contribution in [3.63, 3.8) is 0 Å². The van der Waals surface area contributed by atoms with Crippen LogP contribution in [0.2, 0.25) is 0 Å². The molecule has 5 rings (SSSR count). The van der Waals surface area contributed by atoms with Gasteiger partial charge in [-0.05, 0) is 63.1 Å². The van der Waals surface area contributed by atoms with E-state index in [1.54, 1.807) is 12.3 Å². The molecule has 4 aromatic heterocycles. The third-order valence-corrected chi connectivity index (χ3v) is 6.29. The van der Waals surface area contributed by atoms with Gasteiger partial charge in [-0.3, -0.25) is 9.97 Å². The molecule has 1 aromatic carbocycles. The van der Waals surface area contributed by atoms with Crippen LogP contribution in [0.1, 0.15) is 46.0 Å². The number of benzene rings is 1. The molecule has 0 spiro atoms. The molecule has 1 N–H and O–H groups in total. The summed E-state index contributed by atoms with van der Waals surface area (Å²) in [6, 6.07) is 13.3. The van der Waals surface area contributed by atoms with Crippen LogP contribution < -0.4 is 0 Å². The monoisotopic (exact) mass is 452 g/mol. The average Bonchev–Trinajstić information content (AvgIpc) is 3.38. The summed E-state index contributed by atoms with van der Waals surface area (Å²) >= 11 is 0. The Balaban J connectivity index is 1.74. The molecule has 0 bridgehead atoms. The van der Waals surface area contributed by atoms with Crippen LogP contribution in [-0.4, -0.2) is 30.8 Å². The second-order valence-corrected chi connectivity index (χ2v) is 8.51. The van der Waals surface area contributed by atoms with E-state index in [-0.39, 0.29) is 6.04 Å². The number of pyridine rings is 2. The number of fused-ring (bicyclic) bond motifs is 1. The van der Waals surface area contributed by atoms with Gasteiger partial charge in [0.25, 0.3) is 0 Å². The highest BCUT2D eigenvalue weighted by Gasteiger charge is 2.20. The van der Waals surface area contributed by atoms with Crippen LogP contribution in [0.4, 0.5) is 0 Å². The van der Waals surface area contributed by atoms with E-state index in [2.05, 4.69) is 33.9 Å². The van der Waals surface area contributed by atoms with E-state index in [4.69, 9.17) is 9.51 Å². The second kappa shape index (κ2) is 8.26. The molecule has 4 heterocycles. The number of aryl methyl sites for hydroxylation is 3. The van der Waals surface area contributed by atoms with Crippen LogP contribution in [0.3, 0.4) is 0 Å². The van der Waals surface area contributed by atoms with Gasteiger partial charge in [-0.2, -0.15) is 0 Å². The first-order valence-electron chi connectivity index (χ1n) is 11.0. The molecule has 0 saturated carbocycles. The summed E-state index contributed by atoms with van der Waals surface area (Å²) in [7, 11) is 0. The zero-order valence-electron chi connectivity index (χ0n) is 19.4.